The molecule has 0 saturated carbocycles. The minimum Gasteiger partial charge on any atom is -0.379 e. The molecular formula is C25H27N3O3S. The van der Waals surface area contributed by atoms with Gasteiger partial charge in [-0.3, -0.25) is 14.5 Å². The fourth-order valence-electron chi connectivity index (χ4n) is 3.62. The monoisotopic (exact) mass is 449 g/mol. The third kappa shape index (κ3) is 5.82. The zero-order chi connectivity index (χ0) is 22.3. The van der Waals surface area contributed by atoms with E-state index in [0.717, 1.165) is 25.2 Å². The van der Waals surface area contributed by atoms with Gasteiger partial charge in [0.25, 0.3) is 11.8 Å². The van der Waals surface area contributed by atoms with Gasteiger partial charge in [0.15, 0.2) is 0 Å². The minimum atomic E-state index is -0.151. The zero-order valence-electron chi connectivity index (χ0n) is 18.0. The van der Waals surface area contributed by atoms with Crippen LogP contribution in [0.4, 0.5) is 5.69 Å². The topological polar surface area (TPSA) is 70.7 Å². The van der Waals surface area contributed by atoms with Crippen LogP contribution >= 0.6 is 11.3 Å². The Morgan fingerprint density at radius 3 is 2.38 bits per heavy atom. The van der Waals surface area contributed by atoms with Crippen LogP contribution in [0.5, 0.6) is 0 Å². The number of morpholine rings is 1. The lowest BCUT2D eigenvalue weighted by molar-refractivity contribution is 0.0332. The predicted octanol–water partition coefficient (Wildman–Crippen LogP) is 4.11. The maximum Gasteiger partial charge on any atom is 0.265 e. The summed E-state index contributed by atoms with van der Waals surface area (Å²) in [5.74, 6) is -0.290. The van der Waals surface area contributed by atoms with Crippen LogP contribution in [-0.2, 0) is 4.74 Å². The van der Waals surface area contributed by atoms with Crippen molar-refractivity contribution >= 4 is 28.8 Å². The van der Waals surface area contributed by atoms with Crippen molar-refractivity contribution in [3.05, 3.63) is 87.6 Å². The third-order valence-corrected chi connectivity index (χ3v) is 6.35. The Balaban J connectivity index is 1.43. The molecule has 1 atom stereocenters. The summed E-state index contributed by atoms with van der Waals surface area (Å²) in [7, 11) is 0. The molecule has 7 heteroatoms. The molecular weight excluding hydrogens is 422 g/mol. The SMILES string of the molecule is Cc1ccc(C(CN2CCOCC2)NC(=O)c2ccc(NC(=O)c3cccs3)cc2)cc1. The highest BCUT2D eigenvalue weighted by atomic mass is 32.1. The second-order valence-electron chi connectivity index (χ2n) is 7.86. The molecule has 2 heterocycles. The Labute approximate surface area is 192 Å². The Bertz CT molecular complexity index is 1030. The molecule has 4 rings (SSSR count). The standard InChI is InChI=1S/C25H27N3O3S/c1-18-4-6-19(7-5-18)22(17-28-12-14-31-15-13-28)27-24(29)20-8-10-21(11-9-20)26-25(30)23-3-2-16-32-23/h2-11,16,22H,12-15,17H2,1H3,(H,26,30)(H,27,29). The van der Waals surface area contributed by atoms with E-state index in [0.29, 0.717) is 29.3 Å². The van der Waals surface area contributed by atoms with Crippen molar-refractivity contribution in [2.24, 2.45) is 0 Å². The summed E-state index contributed by atoms with van der Waals surface area (Å²) in [6.45, 7) is 5.93. The highest BCUT2D eigenvalue weighted by molar-refractivity contribution is 7.12. The smallest absolute Gasteiger partial charge is 0.265 e. The van der Waals surface area contributed by atoms with Gasteiger partial charge in [-0.1, -0.05) is 35.9 Å². The van der Waals surface area contributed by atoms with Crippen molar-refractivity contribution in [3.8, 4) is 0 Å². The van der Waals surface area contributed by atoms with Crippen molar-refractivity contribution in [1.82, 2.24) is 10.2 Å². The number of hydrogen-bond donors (Lipinski definition) is 2. The second kappa shape index (κ2) is 10.5. The molecule has 2 N–H and O–H groups in total. The van der Waals surface area contributed by atoms with Crippen LogP contribution in [-0.4, -0.2) is 49.6 Å². The van der Waals surface area contributed by atoms with Crippen LogP contribution < -0.4 is 10.6 Å². The van der Waals surface area contributed by atoms with E-state index >= 15 is 0 Å². The molecule has 6 nitrogen and oxygen atoms in total. The molecule has 1 unspecified atom stereocenters. The first kappa shape index (κ1) is 22.2. The van der Waals surface area contributed by atoms with E-state index < -0.39 is 0 Å². The summed E-state index contributed by atoms with van der Waals surface area (Å²) in [4.78, 5) is 28.2. The number of aryl methyl sites for hydroxylation is 1. The summed E-state index contributed by atoms with van der Waals surface area (Å²) < 4.78 is 5.46. The fourth-order valence-corrected chi connectivity index (χ4v) is 4.24. The highest BCUT2D eigenvalue weighted by Gasteiger charge is 2.21. The van der Waals surface area contributed by atoms with Gasteiger partial charge in [0.2, 0.25) is 0 Å². The number of hydrogen-bond acceptors (Lipinski definition) is 5. The average molecular weight is 450 g/mol. The minimum absolute atomic E-state index is 0.126. The maximum atomic E-state index is 13.0. The number of rotatable bonds is 7. The molecule has 166 valence electrons. The molecule has 0 radical (unpaired) electrons. The van der Waals surface area contributed by atoms with Gasteiger partial charge in [-0.25, -0.2) is 0 Å². The van der Waals surface area contributed by atoms with Crippen LogP contribution in [0.3, 0.4) is 0 Å². The van der Waals surface area contributed by atoms with Crippen molar-refractivity contribution in [1.29, 1.82) is 0 Å². The van der Waals surface area contributed by atoms with Gasteiger partial charge in [-0.15, -0.1) is 11.3 Å². The van der Waals surface area contributed by atoms with E-state index in [4.69, 9.17) is 4.74 Å². The first-order valence-corrected chi connectivity index (χ1v) is 11.6. The molecule has 0 bridgehead atoms. The fraction of sp³-hybridized carbons (Fsp3) is 0.280. The van der Waals surface area contributed by atoms with Crippen molar-refractivity contribution in [2.45, 2.75) is 13.0 Å². The molecule has 1 aliphatic rings. The van der Waals surface area contributed by atoms with Gasteiger partial charge in [0, 0.05) is 30.9 Å². The number of carbonyl (C=O) groups excluding carboxylic acids is 2. The number of amides is 2. The molecule has 1 aromatic heterocycles. The lowest BCUT2D eigenvalue weighted by atomic mass is 10.0. The lowest BCUT2D eigenvalue weighted by Crippen LogP contribution is -2.43. The predicted molar refractivity (Wildman–Crippen MR) is 127 cm³/mol. The molecule has 1 aliphatic heterocycles. The van der Waals surface area contributed by atoms with Crippen LogP contribution in [0.2, 0.25) is 0 Å². The number of benzene rings is 2. The van der Waals surface area contributed by atoms with Gasteiger partial charge in [-0.05, 0) is 48.2 Å². The van der Waals surface area contributed by atoms with Crippen LogP contribution in [0.1, 0.15) is 37.2 Å². The number of carbonyl (C=O) groups is 2. The third-order valence-electron chi connectivity index (χ3n) is 5.48. The number of thiophene rings is 1. The van der Waals surface area contributed by atoms with E-state index in [1.54, 1.807) is 30.3 Å². The number of nitrogens with zero attached hydrogens (tertiary/aromatic N) is 1. The molecule has 0 aliphatic carbocycles. The Kier molecular flexibility index (Phi) is 7.32. The van der Waals surface area contributed by atoms with Crippen molar-refractivity contribution in [2.75, 3.05) is 38.2 Å². The highest BCUT2D eigenvalue weighted by Crippen LogP contribution is 2.19. The summed E-state index contributed by atoms with van der Waals surface area (Å²) in [6, 6.07) is 18.8. The molecule has 2 amide bonds. The molecule has 32 heavy (non-hydrogen) atoms. The Morgan fingerprint density at radius 1 is 1.00 bits per heavy atom. The summed E-state index contributed by atoms with van der Waals surface area (Å²) in [5.41, 5.74) is 3.47. The maximum absolute atomic E-state index is 13.0. The van der Waals surface area contributed by atoms with E-state index in [9.17, 15) is 9.59 Å². The molecule has 1 saturated heterocycles. The zero-order valence-corrected chi connectivity index (χ0v) is 18.9. The van der Waals surface area contributed by atoms with Crippen molar-refractivity contribution < 1.29 is 14.3 Å². The average Bonchev–Trinajstić information content (AvgIpc) is 3.36. The molecule has 0 spiro atoms. The van der Waals surface area contributed by atoms with Gasteiger partial charge in [-0.2, -0.15) is 0 Å². The molecule has 1 fully saturated rings. The number of ether oxygens (including phenoxy) is 1. The largest absolute Gasteiger partial charge is 0.379 e. The van der Waals surface area contributed by atoms with Gasteiger partial charge in [0.1, 0.15) is 0 Å². The van der Waals surface area contributed by atoms with Crippen LogP contribution in [0, 0.1) is 6.92 Å². The van der Waals surface area contributed by atoms with E-state index in [1.165, 1.54) is 16.9 Å². The van der Waals surface area contributed by atoms with Crippen molar-refractivity contribution in [3.63, 3.8) is 0 Å². The van der Waals surface area contributed by atoms with Crippen LogP contribution in [0.25, 0.3) is 0 Å². The number of anilines is 1. The first-order chi connectivity index (χ1) is 15.6. The summed E-state index contributed by atoms with van der Waals surface area (Å²) in [6.07, 6.45) is 0. The van der Waals surface area contributed by atoms with Gasteiger partial charge < -0.3 is 15.4 Å². The molecule has 2 aromatic carbocycles. The number of nitrogens with one attached hydrogen (secondary N) is 2. The van der Waals surface area contributed by atoms with Gasteiger partial charge >= 0.3 is 0 Å². The van der Waals surface area contributed by atoms with Crippen LogP contribution in [0.15, 0.2) is 66.0 Å². The normalized spacial score (nSPS) is 15.2. The summed E-state index contributed by atoms with van der Waals surface area (Å²) >= 11 is 1.39. The molecule has 3 aromatic rings. The first-order valence-electron chi connectivity index (χ1n) is 10.7. The Hall–Kier alpha value is -3.00. The van der Waals surface area contributed by atoms with E-state index in [-0.39, 0.29) is 17.9 Å². The Morgan fingerprint density at radius 2 is 1.72 bits per heavy atom. The van der Waals surface area contributed by atoms with Gasteiger partial charge in [0.05, 0.1) is 24.1 Å². The quantitative estimate of drug-likeness (QED) is 0.570. The second-order valence-corrected chi connectivity index (χ2v) is 8.81. The van der Waals surface area contributed by atoms with E-state index in [1.807, 2.05) is 11.4 Å². The lowest BCUT2D eigenvalue weighted by Gasteiger charge is -2.31. The van der Waals surface area contributed by atoms with E-state index in [2.05, 4.69) is 46.7 Å². The summed E-state index contributed by atoms with van der Waals surface area (Å²) in [5, 5.41) is 7.91.